The van der Waals surface area contributed by atoms with Crippen molar-refractivity contribution in [1.82, 2.24) is 19.8 Å². The summed E-state index contributed by atoms with van der Waals surface area (Å²) in [6.45, 7) is 1.99. The van der Waals surface area contributed by atoms with Crippen LogP contribution in [0.1, 0.15) is 47.2 Å². The lowest BCUT2D eigenvalue weighted by atomic mass is 10.0. The van der Waals surface area contributed by atoms with Crippen LogP contribution in [0.5, 0.6) is 0 Å². The number of hydrogen-bond acceptors (Lipinski definition) is 4. The topological polar surface area (TPSA) is 81.4 Å². The number of nitrogens with zero attached hydrogens (tertiary/aromatic N) is 2. The number of ketones is 1. The zero-order chi connectivity index (χ0) is 35.3. The minimum atomic E-state index is -0.480. The Morgan fingerprint density at radius 3 is 2.18 bits per heavy atom. The Hall–Kier alpha value is -0.715. The highest BCUT2D eigenvalue weighted by Gasteiger charge is 2.36. The van der Waals surface area contributed by atoms with Crippen LogP contribution < -0.4 is 0 Å². The number of hydrogen-bond donors (Lipinski definition) is 2. The molecule has 5 aromatic rings. The second-order valence-electron chi connectivity index (χ2n) is 11.8. The summed E-state index contributed by atoms with van der Waals surface area (Å²) in [5, 5.41) is 2.22. The number of Topliss-reactive ketones (excluding diaryl/α,β-unsaturated/α-hetero) is 1. The number of carbonyl (C=O) groups is 2. The van der Waals surface area contributed by atoms with Gasteiger partial charge in [-0.25, -0.2) is 4.79 Å². The van der Waals surface area contributed by atoms with Crippen molar-refractivity contribution >= 4 is 139 Å². The Labute approximate surface area is 345 Å². The molecule has 4 heterocycles. The third kappa shape index (κ3) is 11.4. The third-order valence-corrected chi connectivity index (χ3v) is 9.75. The molecule has 14 heteroatoms. The van der Waals surface area contributed by atoms with Gasteiger partial charge >= 0.3 is 6.09 Å². The molecule has 2 saturated heterocycles. The second-order valence-corrected chi connectivity index (χ2v) is 16.0. The number of H-pyrrole nitrogens is 2. The quantitative estimate of drug-likeness (QED) is 0.0768. The molecule has 1 radical (unpaired) electrons. The maximum Gasteiger partial charge on any atom is 0.410 e. The summed E-state index contributed by atoms with van der Waals surface area (Å²) in [5.41, 5.74) is 5.12. The van der Waals surface area contributed by atoms with Gasteiger partial charge in [0.15, 0.2) is 5.78 Å². The van der Waals surface area contributed by atoms with Crippen molar-refractivity contribution in [2.75, 3.05) is 20.1 Å². The van der Waals surface area contributed by atoms with Crippen molar-refractivity contribution in [2.45, 2.75) is 50.8 Å². The van der Waals surface area contributed by atoms with Crippen LogP contribution in [-0.2, 0) is 17.8 Å². The number of rotatable bonds is 6. The minimum Gasteiger partial charge on any atom is -0.445 e. The third-order valence-electron chi connectivity index (χ3n) is 8.76. The van der Waals surface area contributed by atoms with Gasteiger partial charge in [0.2, 0.25) is 4.86 Å². The van der Waals surface area contributed by atoms with Crippen LogP contribution in [0.4, 0.5) is 4.79 Å². The Morgan fingerprint density at radius 1 is 0.918 bits per heavy atom. The van der Waals surface area contributed by atoms with Crippen LogP contribution in [-0.4, -0.2) is 68.7 Å². The predicted molar refractivity (Wildman–Crippen MR) is 240 cm³/mol. The van der Waals surface area contributed by atoms with Crippen molar-refractivity contribution in [1.29, 1.82) is 0 Å². The van der Waals surface area contributed by atoms with Crippen molar-refractivity contribution in [3.63, 3.8) is 0 Å². The lowest BCUT2D eigenvalue weighted by molar-refractivity contribution is 0.0739. The fraction of sp³-hybridized carbons (Fsp3) is 0.314. The number of likely N-dealkylation sites (tertiary alicyclic amines) is 2. The molecular formula is C35H38BBr2I3N4O3P. The monoisotopic (exact) mass is 1140 g/mol. The highest BCUT2D eigenvalue weighted by atomic mass is 128. The van der Waals surface area contributed by atoms with Crippen LogP contribution in [0.2, 0.25) is 0 Å². The SMILES string of the molecule is CN1CCC[C@@H]1Cc1c[nH]c2ccc(Br)cc12.II.O=C(c1c[nH]c2ccc(Br)cc12)[C@H]1CCCN1C(=O)OCc1ccccc1.P[B]I. The van der Waals surface area contributed by atoms with E-state index in [0.717, 1.165) is 38.3 Å². The van der Waals surface area contributed by atoms with E-state index in [-0.39, 0.29) is 12.4 Å². The molecule has 1 unspecified atom stereocenters. The van der Waals surface area contributed by atoms with Gasteiger partial charge in [-0.2, -0.15) is 31.5 Å². The van der Waals surface area contributed by atoms with Crippen molar-refractivity contribution in [3.05, 3.63) is 105 Å². The number of carbonyl (C=O) groups excluding carboxylic acids is 2. The fourth-order valence-electron chi connectivity index (χ4n) is 6.35. The number of likely N-dealkylation sites (N-methyl/N-ethyl adjacent to an activating group) is 1. The molecule has 7 rings (SSSR count). The Kier molecular flexibility index (Phi) is 17.7. The highest BCUT2D eigenvalue weighted by molar-refractivity contribution is 15.0. The van der Waals surface area contributed by atoms with E-state index in [0.29, 0.717) is 24.6 Å². The molecule has 3 atom stereocenters. The van der Waals surface area contributed by atoms with Crippen LogP contribution in [0.25, 0.3) is 21.8 Å². The molecule has 0 aliphatic carbocycles. The smallest absolute Gasteiger partial charge is 0.410 e. The van der Waals surface area contributed by atoms with E-state index < -0.39 is 12.1 Å². The number of nitrogens with one attached hydrogen (secondary N) is 2. The molecule has 2 aromatic heterocycles. The van der Waals surface area contributed by atoms with Gasteiger partial charge < -0.3 is 19.6 Å². The number of benzene rings is 3. The van der Waals surface area contributed by atoms with Crippen molar-refractivity contribution < 1.29 is 14.3 Å². The molecule has 3 aromatic carbocycles. The van der Waals surface area contributed by atoms with E-state index in [2.05, 4.69) is 147 Å². The number of aromatic amines is 2. The number of ether oxygens (including phenoxy) is 1. The molecule has 259 valence electrons. The molecule has 0 bridgehead atoms. The maximum absolute atomic E-state index is 13.1. The summed E-state index contributed by atoms with van der Waals surface area (Å²) in [4.78, 5) is 38.1. The van der Waals surface area contributed by atoms with Crippen LogP contribution >= 0.6 is 101 Å². The summed E-state index contributed by atoms with van der Waals surface area (Å²) < 4.78 is 7.51. The summed E-state index contributed by atoms with van der Waals surface area (Å²) in [7, 11) is 4.68. The van der Waals surface area contributed by atoms with Crippen molar-refractivity contribution in [2.24, 2.45) is 0 Å². The molecule has 7 nitrogen and oxygen atoms in total. The molecule has 0 saturated carbocycles. The molecule has 2 aliphatic rings. The van der Waals surface area contributed by atoms with E-state index in [9.17, 15) is 9.59 Å². The Balaban J connectivity index is 0.000000210. The van der Waals surface area contributed by atoms with Gasteiger partial charge in [0.05, 0.1) is 6.04 Å². The van der Waals surface area contributed by atoms with Crippen LogP contribution in [0.3, 0.4) is 0 Å². The summed E-state index contributed by atoms with van der Waals surface area (Å²) >= 11 is 13.4. The fourth-order valence-corrected chi connectivity index (χ4v) is 7.07. The predicted octanol–water partition coefficient (Wildman–Crippen LogP) is 11.1. The minimum absolute atomic E-state index is 0.0477. The normalized spacial score (nSPS) is 17.0. The van der Waals surface area contributed by atoms with Gasteiger partial charge in [-0.05, 0) is 93.2 Å². The molecule has 1 amide bonds. The first kappa shape index (κ1) is 41.0. The second kappa shape index (κ2) is 21.1. The number of halogens is 5. The molecule has 2 aliphatic heterocycles. The lowest BCUT2D eigenvalue weighted by Crippen LogP contribution is -2.40. The largest absolute Gasteiger partial charge is 0.445 e. The lowest BCUT2D eigenvalue weighted by Gasteiger charge is -2.23. The van der Waals surface area contributed by atoms with Crippen molar-refractivity contribution in [3.8, 4) is 0 Å². The first-order chi connectivity index (χ1) is 23.8. The Bertz CT molecular complexity index is 1810. The van der Waals surface area contributed by atoms with E-state index in [1.165, 1.54) is 35.9 Å². The zero-order valence-corrected chi connectivity index (χ0v) is 37.8. The average molecular weight is 1150 g/mol. The van der Waals surface area contributed by atoms with Gasteiger partial charge in [0, 0.05) is 98.5 Å². The first-order valence-electron chi connectivity index (χ1n) is 15.8. The van der Waals surface area contributed by atoms with E-state index in [4.69, 9.17) is 4.74 Å². The van der Waals surface area contributed by atoms with Gasteiger partial charge in [0.25, 0.3) is 0 Å². The number of aromatic nitrogens is 2. The first-order valence-corrected chi connectivity index (χ1v) is 25.6. The van der Waals surface area contributed by atoms with Gasteiger partial charge in [-0.15, -0.1) is 0 Å². The van der Waals surface area contributed by atoms with Crippen LogP contribution in [0, 0.1) is 0 Å². The average Bonchev–Trinajstić information content (AvgIpc) is 3.93. The van der Waals surface area contributed by atoms with Gasteiger partial charge in [-0.1, -0.05) is 62.2 Å². The summed E-state index contributed by atoms with van der Waals surface area (Å²) in [5.74, 6) is -0.0477. The van der Waals surface area contributed by atoms with E-state index >= 15 is 0 Å². The number of amides is 1. The molecule has 2 fully saturated rings. The zero-order valence-electron chi connectivity index (χ0n) is 27.0. The van der Waals surface area contributed by atoms with Gasteiger partial charge in [-0.3, -0.25) is 9.69 Å². The number of fused-ring (bicyclic) bond motifs is 2. The van der Waals surface area contributed by atoms with Gasteiger partial charge in [0.1, 0.15) is 6.61 Å². The summed E-state index contributed by atoms with van der Waals surface area (Å²) in [6.07, 6.45) is 8.74. The molecule has 2 N–H and O–H groups in total. The maximum atomic E-state index is 13.1. The molecule has 0 spiro atoms. The van der Waals surface area contributed by atoms with Crippen LogP contribution in [0.15, 0.2) is 88.1 Å². The Morgan fingerprint density at radius 2 is 1.53 bits per heavy atom. The summed E-state index contributed by atoms with van der Waals surface area (Å²) in [6, 6.07) is 22.0. The molecule has 49 heavy (non-hydrogen) atoms. The van der Waals surface area contributed by atoms with E-state index in [1.54, 1.807) is 11.1 Å². The highest BCUT2D eigenvalue weighted by Crippen LogP contribution is 2.29. The molecular weight excluding hydrogens is 1110 g/mol. The van der Waals surface area contributed by atoms with E-state index in [1.807, 2.05) is 53.4 Å². The standard InChI is InChI=1S/C21H19BrN2O3.C14H17BrN2.BH2IP.I2/c22-15-8-9-18-16(11-15)17(12-23-18)20(25)19-7-4-10-24(19)21(26)27-13-14-5-2-1-3-6-14;1-17-6-2-3-12(17)7-10-9-16-14-5-4-11(15)8-13(10)14;2-1-3;1-2/h1-3,5-6,8-9,11-12,19,23H,4,7,10,13H2;4-5,8-9,12,16H,2-3,6-7H2,1H3;3H2;/t19-;12-;;/m11../s1.